The van der Waals surface area contributed by atoms with E-state index in [2.05, 4.69) is 5.32 Å². The van der Waals surface area contributed by atoms with E-state index < -0.39 is 0 Å². The van der Waals surface area contributed by atoms with Gasteiger partial charge in [-0.05, 0) is 38.3 Å². The lowest BCUT2D eigenvalue weighted by atomic mass is 10.0. The van der Waals surface area contributed by atoms with Crippen molar-refractivity contribution < 1.29 is 9.21 Å². The summed E-state index contributed by atoms with van der Waals surface area (Å²) < 4.78 is 6.23. The molecule has 148 valence electrons. The van der Waals surface area contributed by atoms with Crippen molar-refractivity contribution in [1.82, 2.24) is 10.2 Å². The van der Waals surface area contributed by atoms with Crippen molar-refractivity contribution in [3.05, 3.63) is 69.9 Å². The molecule has 2 aliphatic heterocycles. The Morgan fingerprint density at radius 3 is 2.66 bits per heavy atom. The van der Waals surface area contributed by atoms with Gasteiger partial charge in [0, 0.05) is 36.3 Å². The SMILES string of the molecule is Cc1c(-c2ccccc2)oc2c(C(=O)N3CCC4CCC(C3)N4)cccc2c1=O. The second-order valence-electron chi connectivity index (χ2n) is 8.11. The van der Waals surface area contributed by atoms with E-state index in [1.165, 1.54) is 6.42 Å². The Labute approximate surface area is 169 Å². The molecule has 1 aromatic heterocycles. The zero-order valence-corrected chi connectivity index (χ0v) is 16.5. The summed E-state index contributed by atoms with van der Waals surface area (Å²) in [5.74, 6) is 0.468. The molecule has 0 spiro atoms. The fourth-order valence-corrected chi connectivity index (χ4v) is 4.64. The third-order valence-corrected chi connectivity index (χ3v) is 6.22. The van der Waals surface area contributed by atoms with Gasteiger partial charge in [0.05, 0.1) is 10.9 Å². The van der Waals surface area contributed by atoms with Crippen LogP contribution in [0.3, 0.4) is 0 Å². The Morgan fingerprint density at radius 2 is 1.83 bits per heavy atom. The Morgan fingerprint density at radius 1 is 1.03 bits per heavy atom. The summed E-state index contributed by atoms with van der Waals surface area (Å²) in [5.41, 5.74) is 2.16. The minimum atomic E-state index is -0.0867. The highest BCUT2D eigenvalue weighted by Crippen LogP contribution is 2.29. The van der Waals surface area contributed by atoms with Crippen molar-refractivity contribution in [2.75, 3.05) is 13.1 Å². The second-order valence-corrected chi connectivity index (χ2v) is 8.11. The number of nitrogens with zero attached hydrogens (tertiary/aromatic N) is 1. The monoisotopic (exact) mass is 388 g/mol. The lowest BCUT2D eigenvalue weighted by molar-refractivity contribution is 0.0749. The number of benzene rings is 2. The number of nitrogens with one attached hydrogen (secondary N) is 1. The summed E-state index contributed by atoms with van der Waals surface area (Å²) in [5, 5.41) is 4.07. The average Bonchev–Trinajstić information content (AvgIpc) is 3.09. The molecular weight excluding hydrogens is 364 g/mol. The number of rotatable bonds is 2. The maximum Gasteiger partial charge on any atom is 0.257 e. The van der Waals surface area contributed by atoms with Crippen LogP contribution in [0.2, 0.25) is 0 Å². The molecule has 3 aromatic rings. The minimum absolute atomic E-state index is 0.0593. The Bertz CT molecular complexity index is 1140. The number of hydrogen-bond donors (Lipinski definition) is 1. The molecule has 2 aromatic carbocycles. The van der Waals surface area contributed by atoms with Gasteiger partial charge in [-0.1, -0.05) is 36.4 Å². The molecule has 29 heavy (non-hydrogen) atoms. The van der Waals surface area contributed by atoms with E-state index >= 15 is 0 Å². The molecule has 0 aliphatic carbocycles. The Balaban J connectivity index is 1.62. The van der Waals surface area contributed by atoms with Crippen LogP contribution in [0.25, 0.3) is 22.3 Å². The van der Waals surface area contributed by atoms with Gasteiger partial charge in [0.2, 0.25) is 0 Å². The normalized spacial score (nSPS) is 21.3. The Hall–Kier alpha value is -2.92. The fourth-order valence-electron chi connectivity index (χ4n) is 4.64. The maximum absolute atomic E-state index is 13.4. The van der Waals surface area contributed by atoms with E-state index in [0.29, 0.717) is 46.5 Å². The minimum Gasteiger partial charge on any atom is -0.455 e. The van der Waals surface area contributed by atoms with Crippen molar-refractivity contribution in [2.24, 2.45) is 0 Å². The van der Waals surface area contributed by atoms with Crippen molar-refractivity contribution in [1.29, 1.82) is 0 Å². The van der Waals surface area contributed by atoms with Gasteiger partial charge in [-0.25, -0.2) is 0 Å². The zero-order valence-electron chi connectivity index (χ0n) is 16.5. The van der Waals surface area contributed by atoms with Crippen molar-refractivity contribution in [2.45, 2.75) is 38.3 Å². The second kappa shape index (κ2) is 7.16. The van der Waals surface area contributed by atoms with E-state index in [4.69, 9.17) is 4.42 Å². The molecule has 1 N–H and O–H groups in total. The van der Waals surface area contributed by atoms with E-state index in [9.17, 15) is 9.59 Å². The van der Waals surface area contributed by atoms with Crippen molar-refractivity contribution in [3.8, 4) is 11.3 Å². The number of fused-ring (bicyclic) bond motifs is 3. The molecule has 2 bridgehead atoms. The van der Waals surface area contributed by atoms with Gasteiger partial charge in [0.1, 0.15) is 5.76 Å². The highest BCUT2D eigenvalue weighted by atomic mass is 16.3. The first-order chi connectivity index (χ1) is 14.1. The summed E-state index contributed by atoms with van der Waals surface area (Å²) >= 11 is 0. The maximum atomic E-state index is 13.4. The third-order valence-electron chi connectivity index (χ3n) is 6.22. The molecule has 1 amide bonds. The van der Waals surface area contributed by atoms with Crippen LogP contribution in [0.4, 0.5) is 0 Å². The molecule has 0 saturated carbocycles. The van der Waals surface area contributed by atoms with Crippen LogP contribution in [0, 0.1) is 6.92 Å². The molecule has 5 rings (SSSR count). The summed E-state index contributed by atoms with van der Waals surface area (Å²) in [4.78, 5) is 28.4. The smallest absolute Gasteiger partial charge is 0.257 e. The van der Waals surface area contributed by atoms with Gasteiger partial charge in [-0.3, -0.25) is 9.59 Å². The lowest BCUT2D eigenvalue weighted by Crippen LogP contribution is -2.39. The average molecular weight is 388 g/mol. The summed E-state index contributed by atoms with van der Waals surface area (Å²) in [6, 6.07) is 15.7. The first kappa shape index (κ1) is 18.1. The van der Waals surface area contributed by atoms with Gasteiger partial charge < -0.3 is 14.6 Å². The molecule has 2 fully saturated rings. The number of carbonyl (C=O) groups excluding carboxylic acids is 1. The van der Waals surface area contributed by atoms with Crippen LogP contribution in [-0.4, -0.2) is 36.0 Å². The van der Waals surface area contributed by atoms with Gasteiger partial charge >= 0.3 is 0 Å². The van der Waals surface area contributed by atoms with Crippen LogP contribution in [0.15, 0.2) is 57.7 Å². The third kappa shape index (κ3) is 3.15. The first-order valence-electron chi connectivity index (χ1n) is 10.3. The lowest BCUT2D eigenvalue weighted by Gasteiger charge is -2.24. The fraction of sp³-hybridized carbons (Fsp3) is 0.333. The van der Waals surface area contributed by atoms with E-state index in [1.54, 1.807) is 25.1 Å². The van der Waals surface area contributed by atoms with Gasteiger partial charge in [-0.15, -0.1) is 0 Å². The highest BCUT2D eigenvalue weighted by molar-refractivity contribution is 6.05. The van der Waals surface area contributed by atoms with E-state index in [-0.39, 0.29) is 11.3 Å². The quantitative estimate of drug-likeness (QED) is 0.727. The number of likely N-dealkylation sites (tertiary alicyclic amines) is 1. The molecule has 2 aliphatic rings. The standard InChI is InChI=1S/C24H24N2O3/c1-15-21(27)19-8-5-9-20(23(19)29-22(15)16-6-3-2-4-7-16)24(28)26-13-12-17-10-11-18(14-26)25-17/h2-9,17-18,25H,10-14H2,1H3. The summed E-state index contributed by atoms with van der Waals surface area (Å²) in [6.45, 7) is 3.21. The van der Waals surface area contributed by atoms with Gasteiger partial charge in [0.15, 0.2) is 11.0 Å². The number of hydrogen-bond acceptors (Lipinski definition) is 4. The van der Waals surface area contributed by atoms with Gasteiger partial charge in [0.25, 0.3) is 5.91 Å². The summed E-state index contributed by atoms with van der Waals surface area (Å²) in [6.07, 6.45) is 3.26. The predicted octanol–water partition coefficient (Wildman–Crippen LogP) is 3.73. The number of amides is 1. The number of carbonyl (C=O) groups is 1. The van der Waals surface area contributed by atoms with Gasteiger partial charge in [-0.2, -0.15) is 0 Å². The molecule has 2 atom stereocenters. The largest absolute Gasteiger partial charge is 0.455 e. The Kier molecular flexibility index (Phi) is 4.47. The van der Waals surface area contributed by atoms with Crippen LogP contribution in [0.1, 0.15) is 35.2 Å². The molecular formula is C24H24N2O3. The molecule has 3 heterocycles. The van der Waals surface area contributed by atoms with Crippen molar-refractivity contribution in [3.63, 3.8) is 0 Å². The first-order valence-corrected chi connectivity index (χ1v) is 10.3. The van der Waals surface area contributed by atoms with E-state index in [0.717, 1.165) is 24.9 Å². The molecule has 5 nitrogen and oxygen atoms in total. The van der Waals surface area contributed by atoms with Crippen LogP contribution in [0.5, 0.6) is 0 Å². The highest BCUT2D eigenvalue weighted by Gasteiger charge is 2.32. The topological polar surface area (TPSA) is 62.6 Å². The molecule has 2 saturated heterocycles. The summed E-state index contributed by atoms with van der Waals surface area (Å²) in [7, 11) is 0. The van der Waals surface area contributed by atoms with E-state index in [1.807, 2.05) is 35.2 Å². The molecule has 0 radical (unpaired) electrons. The predicted molar refractivity (Wildman–Crippen MR) is 113 cm³/mol. The van der Waals surface area contributed by atoms with Crippen LogP contribution >= 0.6 is 0 Å². The zero-order chi connectivity index (χ0) is 20.0. The van der Waals surface area contributed by atoms with Crippen molar-refractivity contribution >= 4 is 16.9 Å². The molecule has 2 unspecified atom stereocenters. The van der Waals surface area contributed by atoms with Crippen LogP contribution < -0.4 is 10.7 Å². The molecule has 5 heteroatoms. The number of para-hydroxylation sites is 1. The van der Waals surface area contributed by atoms with Crippen LogP contribution in [-0.2, 0) is 0 Å².